The Morgan fingerprint density at radius 2 is 2.16 bits per heavy atom. The lowest BCUT2D eigenvalue weighted by atomic mass is 10.0. The predicted molar refractivity (Wildman–Crippen MR) is 92.3 cm³/mol. The summed E-state index contributed by atoms with van der Waals surface area (Å²) in [5, 5.41) is 0. The molecule has 0 bridgehead atoms. The molecule has 1 unspecified atom stereocenters. The molecule has 1 atom stereocenters. The lowest BCUT2D eigenvalue weighted by Crippen LogP contribution is -2.39. The van der Waals surface area contributed by atoms with Crippen LogP contribution in [0.3, 0.4) is 0 Å². The van der Waals surface area contributed by atoms with Crippen molar-refractivity contribution in [3.05, 3.63) is 53.7 Å². The summed E-state index contributed by atoms with van der Waals surface area (Å²) in [5.74, 6) is 0.666. The summed E-state index contributed by atoms with van der Waals surface area (Å²) in [6, 6.07) is 7.60. The maximum absolute atomic E-state index is 13.4. The van der Waals surface area contributed by atoms with Gasteiger partial charge in [0.2, 0.25) is 0 Å². The van der Waals surface area contributed by atoms with Crippen LogP contribution in [0.15, 0.2) is 36.5 Å². The molecule has 6 nitrogen and oxygen atoms in total. The summed E-state index contributed by atoms with van der Waals surface area (Å²) in [5.41, 5.74) is 7.44. The first-order valence-corrected chi connectivity index (χ1v) is 8.29. The van der Waals surface area contributed by atoms with E-state index >= 15 is 0 Å². The monoisotopic (exact) mass is 339 g/mol. The van der Waals surface area contributed by atoms with E-state index in [-0.39, 0.29) is 17.8 Å². The van der Waals surface area contributed by atoms with Crippen LogP contribution in [0, 0.1) is 5.82 Å². The fourth-order valence-corrected chi connectivity index (χ4v) is 3.32. The molecule has 25 heavy (non-hydrogen) atoms. The number of hydrogen-bond donors (Lipinski definition) is 2. The third-order valence-corrected chi connectivity index (χ3v) is 4.57. The number of carbonyl (C=O) groups excluding carboxylic acids is 1. The lowest BCUT2D eigenvalue weighted by Gasteiger charge is -2.34. The van der Waals surface area contributed by atoms with Gasteiger partial charge in [0, 0.05) is 12.7 Å². The highest BCUT2D eigenvalue weighted by atomic mass is 19.1. The number of aromatic nitrogens is 3. The molecule has 0 saturated carbocycles. The van der Waals surface area contributed by atoms with E-state index in [1.165, 1.54) is 18.3 Å². The number of aromatic amines is 1. The molecule has 7 heteroatoms. The number of benzene rings is 1. The predicted octanol–water partition coefficient (Wildman–Crippen LogP) is 3.05. The van der Waals surface area contributed by atoms with Crippen molar-refractivity contribution < 1.29 is 9.18 Å². The Balaban J connectivity index is 1.68. The fraction of sp³-hybridized carbons (Fsp3) is 0.278. The number of amides is 1. The van der Waals surface area contributed by atoms with Crippen molar-refractivity contribution in [2.45, 2.75) is 25.3 Å². The second kappa shape index (κ2) is 6.16. The molecule has 4 rings (SSSR count). The largest absolute Gasteiger partial charge is 0.384 e. The van der Waals surface area contributed by atoms with Crippen molar-refractivity contribution in [3.63, 3.8) is 0 Å². The molecule has 1 aromatic carbocycles. The second-order valence-corrected chi connectivity index (χ2v) is 6.27. The number of rotatable bonds is 2. The molecule has 1 aliphatic rings. The molecular formula is C18H18FN5O. The van der Waals surface area contributed by atoms with Crippen LogP contribution in [0.1, 0.15) is 41.5 Å². The van der Waals surface area contributed by atoms with Crippen LogP contribution in [0.4, 0.5) is 10.2 Å². The first-order valence-electron chi connectivity index (χ1n) is 8.29. The molecule has 1 amide bonds. The van der Waals surface area contributed by atoms with Gasteiger partial charge in [0.15, 0.2) is 0 Å². The van der Waals surface area contributed by atoms with Gasteiger partial charge in [-0.1, -0.05) is 0 Å². The number of hydrogen-bond acceptors (Lipinski definition) is 4. The van der Waals surface area contributed by atoms with Gasteiger partial charge in [-0.05, 0) is 49.6 Å². The van der Waals surface area contributed by atoms with Crippen LogP contribution >= 0.6 is 0 Å². The number of nitrogen functional groups attached to an aromatic ring is 1. The number of likely N-dealkylation sites (tertiary alicyclic amines) is 1. The van der Waals surface area contributed by atoms with Gasteiger partial charge in [0.25, 0.3) is 5.91 Å². The molecule has 3 aromatic rings. The van der Waals surface area contributed by atoms with Crippen molar-refractivity contribution in [1.82, 2.24) is 19.9 Å². The third-order valence-electron chi connectivity index (χ3n) is 4.57. The number of nitrogens with one attached hydrogen (secondary N) is 1. The Labute approximate surface area is 143 Å². The minimum atomic E-state index is -0.313. The normalized spacial score (nSPS) is 17.8. The van der Waals surface area contributed by atoms with Gasteiger partial charge in [-0.2, -0.15) is 0 Å². The summed E-state index contributed by atoms with van der Waals surface area (Å²) in [6.07, 6.45) is 4.27. The van der Waals surface area contributed by atoms with E-state index in [2.05, 4.69) is 15.0 Å². The average molecular weight is 339 g/mol. The Kier molecular flexibility index (Phi) is 3.83. The number of pyridine rings is 1. The van der Waals surface area contributed by atoms with Crippen LogP contribution in [0.5, 0.6) is 0 Å². The molecule has 0 aliphatic carbocycles. The van der Waals surface area contributed by atoms with E-state index in [1.807, 2.05) is 4.90 Å². The van der Waals surface area contributed by atoms with Crippen LogP contribution in [-0.2, 0) is 0 Å². The zero-order valence-corrected chi connectivity index (χ0v) is 13.6. The number of carbonyl (C=O) groups is 1. The van der Waals surface area contributed by atoms with Gasteiger partial charge in [-0.3, -0.25) is 4.79 Å². The van der Waals surface area contributed by atoms with Gasteiger partial charge < -0.3 is 15.6 Å². The molecular weight excluding hydrogens is 321 g/mol. The van der Waals surface area contributed by atoms with Gasteiger partial charge >= 0.3 is 0 Å². The van der Waals surface area contributed by atoms with Crippen molar-refractivity contribution in [1.29, 1.82) is 0 Å². The van der Waals surface area contributed by atoms with Crippen molar-refractivity contribution >= 4 is 22.8 Å². The van der Waals surface area contributed by atoms with Crippen molar-refractivity contribution in [3.8, 4) is 0 Å². The highest BCUT2D eigenvalue weighted by molar-refractivity contribution is 5.94. The molecule has 0 spiro atoms. The molecule has 128 valence electrons. The molecule has 3 N–H and O–H groups in total. The molecule has 1 saturated heterocycles. The smallest absolute Gasteiger partial charge is 0.256 e. The standard InChI is InChI=1S/C18H18FN5O/c19-12-5-6-13-14(9-12)23-17(22-13)15-3-1-2-8-24(15)18(25)11-4-7-16(20)21-10-11/h4-7,9-10,15H,1-3,8H2,(H2,20,21)(H,22,23). The van der Waals surface area contributed by atoms with Crippen LogP contribution < -0.4 is 5.73 Å². The van der Waals surface area contributed by atoms with E-state index in [4.69, 9.17) is 5.73 Å². The van der Waals surface area contributed by atoms with Crippen molar-refractivity contribution in [2.24, 2.45) is 0 Å². The number of imidazole rings is 1. The van der Waals surface area contributed by atoms with Crippen LogP contribution in [0.2, 0.25) is 0 Å². The quantitative estimate of drug-likeness (QED) is 0.751. The number of piperidine rings is 1. The Morgan fingerprint density at radius 3 is 2.96 bits per heavy atom. The number of nitrogens with zero attached hydrogens (tertiary/aromatic N) is 3. The Morgan fingerprint density at radius 1 is 1.28 bits per heavy atom. The molecule has 0 radical (unpaired) electrons. The fourth-order valence-electron chi connectivity index (χ4n) is 3.32. The molecule has 1 fully saturated rings. The SMILES string of the molecule is Nc1ccc(C(=O)N2CCCCC2c2nc3ccc(F)cc3[nH]2)cn1. The Hall–Kier alpha value is -2.96. The van der Waals surface area contributed by atoms with E-state index in [0.29, 0.717) is 34.8 Å². The number of H-pyrrole nitrogens is 1. The highest BCUT2D eigenvalue weighted by Crippen LogP contribution is 2.31. The summed E-state index contributed by atoms with van der Waals surface area (Å²) in [4.78, 5) is 26.5. The maximum atomic E-state index is 13.4. The van der Waals surface area contributed by atoms with Gasteiger partial charge in [-0.15, -0.1) is 0 Å². The molecule has 1 aliphatic heterocycles. The zero-order valence-electron chi connectivity index (χ0n) is 13.6. The first kappa shape index (κ1) is 15.6. The first-order chi connectivity index (χ1) is 12.1. The van der Waals surface area contributed by atoms with Gasteiger partial charge in [-0.25, -0.2) is 14.4 Å². The summed E-state index contributed by atoms with van der Waals surface area (Å²) in [6.45, 7) is 0.652. The average Bonchev–Trinajstić information content (AvgIpc) is 3.05. The topological polar surface area (TPSA) is 87.9 Å². The number of nitrogens with two attached hydrogens (primary N) is 1. The third kappa shape index (κ3) is 2.93. The number of anilines is 1. The Bertz CT molecular complexity index is 921. The van der Waals surface area contributed by atoms with E-state index < -0.39 is 0 Å². The van der Waals surface area contributed by atoms with Crippen LogP contribution in [0.25, 0.3) is 11.0 Å². The number of fused-ring (bicyclic) bond motifs is 1. The highest BCUT2D eigenvalue weighted by Gasteiger charge is 2.31. The van der Waals surface area contributed by atoms with Crippen LogP contribution in [-0.4, -0.2) is 32.3 Å². The van der Waals surface area contributed by atoms with Gasteiger partial charge in [0.1, 0.15) is 17.5 Å². The van der Waals surface area contributed by atoms with E-state index in [1.54, 1.807) is 18.2 Å². The maximum Gasteiger partial charge on any atom is 0.256 e. The zero-order chi connectivity index (χ0) is 17.4. The van der Waals surface area contributed by atoms with Crippen molar-refractivity contribution in [2.75, 3.05) is 12.3 Å². The van der Waals surface area contributed by atoms with E-state index in [0.717, 1.165) is 19.3 Å². The summed E-state index contributed by atoms with van der Waals surface area (Å²) >= 11 is 0. The molecule has 3 heterocycles. The van der Waals surface area contributed by atoms with Gasteiger partial charge in [0.05, 0.1) is 22.6 Å². The number of halogens is 1. The summed E-state index contributed by atoms with van der Waals surface area (Å²) in [7, 11) is 0. The second-order valence-electron chi connectivity index (χ2n) is 6.27. The van der Waals surface area contributed by atoms with E-state index in [9.17, 15) is 9.18 Å². The lowest BCUT2D eigenvalue weighted by molar-refractivity contribution is 0.0601. The summed E-state index contributed by atoms with van der Waals surface area (Å²) < 4.78 is 13.4. The molecule has 2 aromatic heterocycles. The minimum absolute atomic E-state index is 0.0937. The minimum Gasteiger partial charge on any atom is -0.384 e.